The predicted octanol–water partition coefficient (Wildman–Crippen LogP) is 4.26. The van der Waals surface area contributed by atoms with Crippen molar-refractivity contribution >= 4 is 29.5 Å². The second kappa shape index (κ2) is 11.3. The Balaban J connectivity index is 1.81. The van der Waals surface area contributed by atoms with Crippen LogP contribution in [0.3, 0.4) is 0 Å². The Morgan fingerprint density at radius 1 is 1.13 bits per heavy atom. The number of aromatic nitrogens is 5. The monoisotopic (exact) mass is 457 g/mol. The molecule has 31 heavy (non-hydrogen) atoms. The molecule has 3 rings (SSSR count). The summed E-state index contributed by atoms with van der Waals surface area (Å²) < 4.78 is 7.04. The molecule has 7 nitrogen and oxygen atoms in total. The Morgan fingerprint density at radius 2 is 1.84 bits per heavy atom. The molecule has 0 saturated carbocycles. The van der Waals surface area contributed by atoms with E-state index in [0.29, 0.717) is 12.2 Å². The zero-order valence-corrected chi connectivity index (χ0v) is 19.9. The molecule has 0 spiro atoms. The Hall–Kier alpha value is -2.39. The molecule has 0 amide bonds. The van der Waals surface area contributed by atoms with E-state index in [4.69, 9.17) is 4.74 Å². The molecule has 1 unspecified atom stereocenters. The maximum atomic E-state index is 12.1. The van der Waals surface area contributed by atoms with Crippen LogP contribution in [-0.4, -0.2) is 43.1 Å². The summed E-state index contributed by atoms with van der Waals surface area (Å²) >= 11 is 2.94. The first-order chi connectivity index (χ1) is 15.0. The van der Waals surface area contributed by atoms with Gasteiger partial charge in [-0.1, -0.05) is 60.8 Å². The molecular weight excluding hydrogens is 430 g/mol. The van der Waals surface area contributed by atoms with Gasteiger partial charge in [0.15, 0.2) is 10.3 Å². The second-order valence-electron chi connectivity index (χ2n) is 7.05. The van der Waals surface area contributed by atoms with Crippen molar-refractivity contribution in [2.45, 2.75) is 61.5 Å². The third kappa shape index (κ3) is 6.54. The lowest BCUT2D eigenvalue weighted by Crippen LogP contribution is -2.19. The molecule has 0 aliphatic rings. The van der Waals surface area contributed by atoms with Gasteiger partial charge < -0.3 is 9.30 Å². The van der Waals surface area contributed by atoms with E-state index in [9.17, 15) is 4.79 Å². The van der Waals surface area contributed by atoms with Crippen molar-refractivity contribution in [3.8, 4) is 0 Å². The predicted molar refractivity (Wildman–Crippen MR) is 123 cm³/mol. The molecule has 9 heteroatoms. The molecule has 0 fully saturated rings. The van der Waals surface area contributed by atoms with Gasteiger partial charge in [-0.25, -0.2) is 9.97 Å². The zero-order chi connectivity index (χ0) is 22.2. The molecular formula is C22H27N5O2S2. The molecule has 164 valence electrons. The van der Waals surface area contributed by atoms with E-state index in [0.717, 1.165) is 40.5 Å². The van der Waals surface area contributed by atoms with Gasteiger partial charge in [0.05, 0.1) is 12.9 Å². The summed E-state index contributed by atoms with van der Waals surface area (Å²) in [7, 11) is 1.41. The van der Waals surface area contributed by atoms with Crippen LogP contribution in [-0.2, 0) is 28.2 Å². The Morgan fingerprint density at radius 3 is 2.48 bits per heavy atom. The fourth-order valence-corrected chi connectivity index (χ4v) is 4.98. The van der Waals surface area contributed by atoms with Gasteiger partial charge in [0.2, 0.25) is 0 Å². The van der Waals surface area contributed by atoms with Gasteiger partial charge in [0, 0.05) is 17.9 Å². The minimum atomic E-state index is -0.312. The highest BCUT2D eigenvalue weighted by atomic mass is 32.2. The molecule has 2 heterocycles. The average molecular weight is 458 g/mol. The van der Waals surface area contributed by atoms with Gasteiger partial charge >= 0.3 is 5.97 Å². The smallest absolute Gasteiger partial charge is 0.319 e. The highest BCUT2D eigenvalue weighted by Gasteiger charge is 2.23. The van der Waals surface area contributed by atoms with E-state index in [2.05, 4.69) is 36.9 Å². The number of nitrogens with zero attached hydrogens (tertiary/aromatic N) is 5. The molecule has 0 aliphatic carbocycles. The summed E-state index contributed by atoms with van der Waals surface area (Å²) in [5.41, 5.74) is 3.13. The number of carbonyl (C=O) groups is 1. The molecule has 1 aromatic carbocycles. The van der Waals surface area contributed by atoms with Crippen molar-refractivity contribution in [3.05, 3.63) is 59.2 Å². The van der Waals surface area contributed by atoms with Gasteiger partial charge in [-0.2, -0.15) is 0 Å². The normalized spacial score (nSPS) is 12.0. The van der Waals surface area contributed by atoms with Crippen molar-refractivity contribution in [2.75, 3.05) is 7.11 Å². The van der Waals surface area contributed by atoms with Crippen LogP contribution in [0.2, 0.25) is 0 Å². The lowest BCUT2D eigenvalue weighted by Gasteiger charge is -2.14. The molecule has 3 aromatic rings. The minimum Gasteiger partial charge on any atom is -0.468 e. The topological polar surface area (TPSA) is 82.8 Å². The Labute approximate surface area is 191 Å². The van der Waals surface area contributed by atoms with E-state index < -0.39 is 0 Å². The van der Waals surface area contributed by atoms with Crippen LogP contribution in [0.25, 0.3) is 0 Å². The van der Waals surface area contributed by atoms with Crippen LogP contribution in [0.4, 0.5) is 0 Å². The van der Waals surface area contributed by atoms with Crippen LogP contribution in [0.15, 0.2) is 46.7 Å². The van der Waals surface area contributed by atoms with Crippen molar-refractivity contribution in [2.24, 2.45) is 0 Å². The van der Waals surface area contributed by atoms with Crippen molar-refractivity contribution in [1.82, 2.24) is 24.7 Å². The summed E-state index contributed by atoms with van der Waals surface area (Å²) in [6.45, 7) is 6.62. The quantitative estimate of drug-likeness (QED) is 0.254. The number of benzene rings is 1. The van der Waals surface area contributed by atoms with E-state index in [1.54, 1.807) is 11.8 Å². The summed E-state index contributed by atoms with van der Waals surface area (Å²) in [6.07, 6.45) is 1.50. The highest BCUT2D eigenvalue weighted by molar-refractivity contribution is 8.00. The largest absolute Gasteiger partial charge is 0.468 e. The van der Waals surface area contributed by atoms with Crippen LogP contribution in [0.1, 0.15) is 36.1 Å². The van der Waals surface area contributed by atoms with Crippen molar-refractivity contribution in [3.63, 3.8) is 0 Å². The van der Waals surface area contributed by atoms with Crippen LogP contribution >= 0.6 is 23.5 Å². The molecule has 0 bridgehead atoms. The molecule has 0 aliphatic heterocycles. The maximum Gasteiger partial charge on any atom is 0.319 e. The van der Waals surface area contributed by atoms with E-state index in [1.807, 2.05) is 45.0 Å². The van der Waals surface area contributed by atoms with E-state index in [-0.39, 0.29) is 11.2 Å². The van der Waals surface area contributed by atoms with E-state index in [1.165, 1.54) is 24.4 Å². The number of aryl methyl sites for hydroxylation is 3. The highest BCUT2D eigenvalue weighted by Crippen LogP contribution is 2.28. The molecule has 0 radical (unpaired) electrons. The number of esters is 1. The number of ether oxygens (including phenoxy) is 1. The van der Waals surface area contributed by atoms with E-state index >= 15 is 0 Å². The average Bonchev–Trinajstić information content (AvgIpc) is 3.15. The number of rotatable bonds is 10. The molecule has 0 saturated heterocycles. The van der Waals surface area contributed by atoms with Crippen LogP contribution in [0, 0.1) is 13.8 Å². The zero-order valence-electron chi connectivity index (χ0n) is 18.2. The van der Waals surface area contributed by atoms with Crippen LogP contribution in [0.5, 0.6) is 0 Å². The summed E-state index contributed by atoms with van der Waals surface area (Å²) in [5.74, 6) is 1.19. The Kier molecular flexibility index (Phi) is 8.48. The first-order valence-electron chi connectivity index (χ1n) is 10.2. The summed E-state index contributed by atoms with van der Waals surface area (Å²) in [5, 5.41) is 9.96. The van der Waals surface area contributed by atoms with Gasteiger partial charge in [-0.05, 0) is 38.3 Å². The van der Waals surface area contributed by atoms with Gasteiger partial charge in [-0.3, -0.25) is 4.79 Å². The maximum absolute atomic E-state index is 12.1. The lowest BCUT2D eigenvalue weighted by molar-refractivity contribution is -0.140. The Bertz CT molecular complexity index is 990. The first-order valence-corrected chi connectivity index (χ1v) is 12.0. The number of carbonyl (C=O) groups excluding carboxylic acids is 1. The third-order valence-corrected chi connectivity index (χ3v) is 6.80. The first kappa shape index (κ1) is 23.3. The fourth-order valence-electron chi connectivity index (χ4n) is 3.07. The standard InChI is InChI=1S/C22H27N5O2S2/c1-5-18(20(28)29-4)31-22-26-25-19(14-30-21-23-15(2)13-16(3)24-21)27(22)12-11-17-9-7-6-8-10-17/h6-10,13,18H,5,11-12,14H2,1-4H3. The van der Waals surface area contributed by atoms with Gasteiger partial charge in [-0.15, -0.1) is 10.2 Å². The van der Waals surface area contributed by atoms with Crippen molar-refractivity contribution < 1.29 is 9.53 Å². The van der Waals surface area contributed by atoms with Crippen molar-refractivity contribution in [1.29, 1.82) is 0 Å². The minimum absolute atomic E-state index is 0.246. The lowest BCUT2D eigenvalue weighted by atomic mass is 10.1. The fraction of sp³-hybridized carbons (Fsp3) is 0.409. The van der Waals surface area contributed by atoms with Crippen LogP contribution < -0.4 is 0 Å². The van der Waals surface area contributed by atoms with Gasteiger partial charge in [0.25, 0.3) is 0 Å². The number of thioether (sulfide) groups is 2. The molecule has 0 N–H and O–H groups in total. The molecule has 2 aromatic heterocycles. The van der Waals surface area contributed by atoms with Gasteiger partial charge in [0.1, 0.15) is 11.1 Å². The second-order valence-corrected chi connectivity index (χ2v) is 9.16. The SMILES string of the molecule is CCC(Sc1nnc(CSc2nc(C)cc(C)n2)n1CCc1ccccc1)C(=O)OC. The third-order valence-electron chi connectivity index (χ3n) is 4.64. The summed E-state index contributed by atoms with van der Waals surface area (Å²) in [4.78, 5) is 21.1. The number of methoxy groups -OCH3 is 1. The number of hydrogen-bond donors (Lipinski definition) is 0. The summed E-state index contributed by atoms with van der Waals surface area (Å²) in [6, 6.07) is 12.3. The molecule has 1 atom stereocenters. The number of hydrogen-bond acceptors (Lipinski definition) is 8.